The average Bonchev–Trinajstić information content (AvgIpc) is 3.12. The number of aryl methyl sites for hydroxylation is 1. The van der Waals surface area contributed by atoms with Gasteiger partial charge in [0, 0.05) is 51.2 Å². The van der Waals surface area contributed by atoms with E-state index in [-0.39, 0.29) is 17.5 Å². The first-order valence-corrected chi connectivity index (χ1v) is 14.0. The fourth-order valence-corrected chi connectivity index (χ4v) is 5.83. The van der Waals surface area contributed by atoms with Gasteiger partial charge in [0.1, 0.15) is 23.0 Å². The molecule has 1 atom stereocenters. The van der Waals surface area contributed by atoms with Crippen LogP contribution in [0.15, 0.2) is 41.5 Å². The summed E-state index contributed by atoms with van der Waals surface area (Å²) in [4.78, 5) is 18.8. The number of hydrogen-bond acceptors (Lipinski definition) is 7. The molecule has 0 saturated carbocycles. The minimum Gasteiger partial charge on any atom is -0.496 e. The van der Waals surface area contributed by atoms with E-state index in [2.05, 4.69) is 16.1 Å². The summed E-state index contributed by atoms with van der Waals surface area (Å²) in [5.74, 6) is 0.819. The van der Waals surface area contributed by atoms with Crippen LogP contribution in [-0.2, 0) is 21.2 Å². The minimum atomic E-state index is -3.41. The molecule has 3 heterocycles. The highest BCUT2D eigenvalue weighted by Gasteiger charge is 2.30. The normalized spacial score (nSPS) is 18.4. The maximum absolute atomic E-state index is 13.1. The van der Waals surface area contributed by atoms with Crippen molar-refractivity contribution in [2.45, 2.75) is 26.4 Å². The molecule has 9 nitrogen and oxygen atoms in total. The first-order chi connectivity index (χ1) is 17.0. The number of anilines is 1. The van der Waals surface area contributed by atoms with Crippen LogP contribution < -0.4 is 9.64 Å². The summed E-state index contributed by atoms with van der Waals surface area (Å²) in [6, 6.07) is 5.70. The van der Waals surface area contributed by atoms with E-state index >= 15 is 0 Å². The zero-order chi connectivity index (χ0) is 26.2. The standard InChI is InChI=1S/C25H32ClN5O4S/c1-17-9-10-19(15-21(17)35-4)29-11-13-30(14-12-29)22(32)16-31-18(2)24(26)25(27-31)20-7-6-8-23(28(20)3)36(5,33)34/h6-10,15,20H,11-14,16H2,1-5H3. The van der Waals surface area contributed by atoms with Gasteiger partial charge in [0.2, 0.25) is 5.91 Å². The topological polar surface area (TPSA) is 88.0 Å². The van der Waals surface area contributed by atoms with Crippen molar-refractivity contribution in [2.75, 3.05) is 51.5 Å². The Morgan fingerprint density at radius 3 is 2.53 bits per heavy atom. The second-order valence-electron chi connectivity index (χ2n) is 9.18. The summed E-state index contributed by atoms with van der Waals surface area (Å²) in [6.07, 6.45) is 6.26. The van der Waals surface area contributed by atoms with Gasteiger partial charge in [-0.05, 0) is 31.6 Å². The number of nitrogens with zero attached hydrogens (tertiary/aromatic N) is 5. The Bertz CT molecular complexity index is 1330. The summed E-state index contributed by atoms with van der Waals surface area (Å²) in [6.45, 7) is 6.55. The molecule has 194 valence electrons. The number of carbonyl (C=O) groups excluding carboxylic acids is 1. The third-order valence-corrected chi connectivity index (χ3v) is 8.44. The van der Waals surface area contributed by atoms with Crippen molar-refractivity contribution in [2.24, 2.45) is 0 Å². The fourth-order valence-electron chi connectivity index (χ4n) is 4.62. The Labute approximate surface area is 217 Å². The molecule has 0 N–H and O–H groups in total. The lowest BCUT2D eigenvalue weighted by atomic mass is 10.1. The van der Waals surface area contributed by atoms with Crippen LogP contribution in [0.25, 0.3) is 0 Å². The van der Waals surface area contributed by atoms with Gasteiger partial charge in [-0.2, -0.15) is 5.10 Å². The Morgan fingerprint density at radius 1 is 1.19 bits per heavy atom. The number of amides is 1. The van der Waals surface area contributed by atoms with Crippen molar-refractivity contribution >= 4 is 33.0 Å². The molecular formula is C25H32ClN5O4S. The molecule has 1 amide bonds. The molecule has 1 aromatic heterocycles. The Hall–Kier alpha value is -2.98. The third kappa shape index (κ3) is 5.10. The first-order valence-electron chi connectivity index (χ1n) is 11.7. The highest BCUT2D eigenvalue weighted by atomic mass is 35.5. The highest BCUT2D eigenvalue weighted by molar-refractivity contribution is 7.94. The predicted octanol–water partition coefficient (Wildman–Crippen LogP) is 2.94. The van der Waals surface area contributed by atoms with Crippen LogP contribution in [0.1, 0.15) is 23.0 Å². The second-order valence-corrected chi connectivity index (χ2v) is 11.5. The molecule has 2 aliphatic heterocycles. The van der Waals surface area contributed by atoms with Gasteiger partial charge in [-0.1, -0.05) is 29.8 Å². The molecule has 1 fully saturated rings. The molecule has 1 saturated heterocycles. The van der Waals surface area contributed by atoms with Crippen molar-refractivity contribution < 1.29 is 17.9 Å². The van der Waals surface area contributed by atoms with Gasteiger partial charge < -0.3 is 19.4 Å². The lowest BCUT2D eigenvalue weighted by molar-refractivity contribution is -0.132. The molecule has 2 aromatic rings. The van der Waals surface area contributed by atoms with E-state index in [0.717, 1.165) is 30.1 Å². The van der Waals surface area contributed by atoms with Crippen LogP contribution >= 0.6 is 11.6 Å². The van der Waals surface area contributed by atoms with Crippen molar-refractivity contribution in [3.63, 3.8) is 0 Å². The Morgan fingerprint density at radius 2 is 1.89 bits per heavy atom. The van der Waals surface area contributed by atoms with Crippen molar-refractivity contribution in [3.05, 3.63) is 63.4 Å². The van der Waals surface area contributed by atoms with Crippen LogP contribution in [0, 0.1) is 13.8 Å². The number of hydrogen-bond donors (Lipinski definition) is 0. The zero-order valence-electron chi connectivity index (χ0n) is 21.2. The summed E-state index contributed by atoms with van der Waals surface area (Å²) in [7, 11) is -0.0475. The number of piperazine rings is 1. The number of methoxy groups -OCH3 is 1. The van der Waals surface area contributed by atoms with Crippen molar-refractivity contribution in [3.8, 4) is 5.75 Å². The lowest BCUT2D eigenvalue weighted by Gasteiger charge is -2.36. The number of allylic oxidation sites excluding steroid dienone is 2. The van der Waals surface area contributed by atoms with Crippen molar-refractivity contribution in [1.82, 2.24) is 19.6 Å². The van der Waals surface area contributed by atoms with Crippen LogP contribution in [-0.4, -0.2) is 80.5 Å². The summed E-state index contributed by atoms with van der Waals surface area (Å²) < 4.78 is 31.4. The predicted molar refractivity (Wildman–Crippen MR) is 141 cm³/mol. The van der Waals surface area contributed by atoms with Crippen LogP contribution in [0.5, 0.6) is 5.75 Å². The average molecular weight is 534 g/mol. The monoisotopic (exact) mass is 533 g/mol. The number of benzene rings is 1. The number of carbonyl (C=O) groups is 1. The number of aromatic nitrogens is 2. The number of rotatable bonds is 6. The van der Waals surface area contributed by atoms with E-state index in [4.69, 9.17) is 16.3 Å². The molecule has 0 bridgehead atoms. The van der Waals surface area contributed by atoms with E-state index in [1.807, 2.05) is 37.0 Å². The first kappa shape index (κ1) is 26.1. The van der Waals surface area contributed by atoms with Gasteiger partial charge >= 0.3 is 0 Å². The SMILES string of the molecule is COc1cc(N2CCN(C(=O)Cn3nc(C4C=CC=C(S(C)(=O)=O)N4C)c(Cl)c3C)CC2)ccc1C. The molecule has 4 rings (SSSR count). The number of halogens is 1. The maximum Gasteiger partial charge on any atom is 0.244 e. The van der Waals surface area contributed by atoms with Crippen LogP contribution in [0.2, 0.25) is 5.02 Å². The summed E-state index contributed by atoms with van der Waals surface area (Å²) in [5.41, 5.74) is 3.35. The Kier molecular flexibility index (Phi) is 7.38. The van der Waals surface area contributed by atoms with Gasteiger partial charge in [0.05, 0.1) is 23.9 Å². The van der Waals surface area contributed by atoms with Gasteiger partial charge in [-0.3, -0.25) is 9.48 Å². The molecule has 0 aliphatic carbocycles. The van der Waals surface area contributed by atoms with Crippen LogP contribution in [0.4, 0.5) is 5.69 Å². The fraction of sp³-hybridized carbons (Fsp3) is 0.440. The smallest absolute Gasteiger partial charge is 0.244 e. The largest absolute Gasteiger partial charge is 0.496 e. The van der Waals surface area contributed by atoms with Gasteiger partial charge in [-0.15, -0.1) is 0 Å². The molecular weight excluding hydrogens is 502 g/mol. The summed E-state index contributed by atoms with van der Waals surface area (Å²) >= 11 is 6.61. The van der Waals surface area contributed by atoms with Gasteiger partial charge in [0.25, 0.3) is 0 Å². The van der Waals surface area contributed by atoms with E-state index in [9.17, 15) is 13.2 Å². The number of ether oxygens (including phenoxy) is 1. The van der Waals surface area contributed by atoms with E-state index in [1.54, 1.807) is 35.9 Å². The molecule has 36 heavy (non-hydrogen) atoms. The zero-order valence-corrected chi connectivity index (χ0v) is 22.8. The lowest BCUT2D eigenvalue weighted by Crippen LogP contribution is -2.49. The summed E-state index contributed by atoms with van der Waals surface area (Å²) in [5, 5.41) is 5.24. The molecule has 1 aromatic carbocycles. The molecule has 1 unspecified atom stereocenters. The molecule has 0 radical (unpaired) electrons. The highest BCUT2D eigenvalue weighted by Crippen LogP contribution is 2.34. The van der Waals surface area contributed by atoms with Crippen LogP contribution in [0.3, 0.4) is 0 Å². The minimum absolute atomic E-state index is 0.0331. The van der Waals surface area contributed by atoms with Gasteiger partial charge in [-0.25, -0.2) is 8.42 Å². The van der Waals surface area contributed by atoms with E-state index in [1.165, 1.54) is 6.26 Å². The molecule has 0 spiro atoms. The Balaban J connectivity index is 1.43. The van der Waals surface area contributed by atoms with E-state index < -0.39 is 15.9 Å². The number of sulfone groups is 1. The number of likely N-dealkylation sites (N-methyl/N-ethyl adjacent to an activating group) is 1. The third-order valence-electron chi connectivity index (χ3n) is 6.79. The quantitative estimate of drug-likeness (QED) is 0.564. The molecule has 11 heteroatoms. The van der Waals surface area contributed by atoms with Crippen molar-refractivity contribution in [1.29, 1.82) is 0 Å². The van der Waals surface area contributed by atoms with Gasteiger partial charge in [0.15, 0.2) is 9.84 Å². The van der Waals surface area contributed by atoms with E-state index in [0.29, 0.717) is 29.5 Å². The maximum atomic E-state index is 13.1. The second kappa shape index (κ2) is 10.2. The molecule has 2 aliphatic rings.